The second kappa shape index (κ2) is 9.95. The molecule has 0 spiro atoms. The highest BCUT2D eigenvalue weighted by Gasteiger charge is 2.54. The number of pyridine rings is 1. The molecule has 1 saturated heterocycles. The molecule has 0 radical (unpaired) electrons. The van der Waals surface area contributed by atoms with E-state index in [0.29, 0.717) is 28.7 Å². The monoisotopic (exact) mass is 512 g/mol. The molecule has 1 N–H and O–H groups in total. The highest BCUT2D eigenvalue weighted by atomic mass is 19.4. The van der Waals surface area contributed by atoms with E-state index in [1.54, 1.807) is 24.4 Å². The minimum absolute atomic E-state index is 0.0258. The van der Waals surface area contributed by atoms with Gasteiger partial charge >= 0.3 is 12.1 Å². The van der Waals surface area contributed by atoms with Crippen molar-refractivity contribution in [2.45, 2.75) is 57.9 Å². The summed E-state index contributed by atoms with van der Waals surface area (Å²) in [5.74, 6) is 0.680. The molecular formula is C29H31F3N2O3. The predicted molar refractivity (Wildman–Crippen MR) is 133 cm³/mol. The number of carbonyl (C=O) groups excluding carboxylic acids is 2. The summed E-state index contributed by atoms with van der Waals surface area (Å²) in [7, 11) is 0. The molecule has 2 aromatic rings. The fraction of sp³-hybridized carbons (Fsp3) is 0.483. The summed E-state index contributed by atoms with van der Waals surface area (Å²) >= 11 is 0. The number of fused-ring (bicyclic) bond motifs is 2. The number of allylic oxidation sites excluding steroid dienone is 1. The molecule has 3 aliphatic rings. The maximum absolute atomic E-state index is 13.1. The zero-order chi connectivity index (χ0) is 26.3. The van der Waals surface area contributed by atoms with Gasteiger partial charge in [0.05, 0.1) is 17.2 Å². The van der Waals surface area contributed by atoms with E-state index in [9.17, 15) is 22.8 Å². The standard InChI is InChI=1S/C29H31F3N2O3/c1-16-27-25(24-10-9-23(34-17(2)35)13-20(24)14-26(27)28(36)37-16)11-8-22-7-6-19(15-33-22)18-4-3-5-21(12-18)29(30,31)32/h3-8,11-12,15-16,20,23-27H,9-10,13-14H2,1-2H3,(H,34,35)/t16-,20+,23-,24-,25+,26-,27+/m1/s1. The van der Waals surface area contributed by atoms with Gasteiger partial charge in [-0.2, -0.15) is 13.2 Å². The summed E-state index contributed by atoms with van der Waals surface area (Å²) in [6.07, 6.45) is 4.68. The molecule has 8 heteroatoms. The predicted octanol–water partition coefficient (Wildman–Crippen LogP) is 5.90. The number of esters is 1. The lowest BCUT2D eigenvalue weighted by atomic mass is 9.57. The Bertz CT molecular complexity index is 1190. The third-order valence-electron chi connectivity index (χ3n) is 8.35. The average molecular weight is 513 g/mol. The quantitative estimate of drug-likeness (QED) is 0.518. The van der Waals surface area contributed by atoms with Crippen LogP contribution in [0.2, 0.25) is 0 Å². The molecule has 3 fully saturated rings. The van der Waals surface area contributed by atoms with E-state index in [2.05, 4.69) is 16.4 Å². The fourth-order valence-corrected chi connectivity index (χ4v) is 6.79. The summed E-state index contributed by atoms with van der Waals surface area (Å²) in [6, 6.07) is 8.94. The molecule has 1 amide bonds. The number of alkyl halides is 3. The molecular weight excluding hydrogens is 481 g/mol. The van der Waals surface area contributed by atoms with Crippen LogP contribution in [0.4, 0.5) is 13.2 Å². The topological polar surface area (TPSA) is 68.3 Å². The molecule has 1 aromatic heterocycles. The zero-order valence-corrected chi connectivity index (χ0v) is 20.9. The van der Waals surface area contributed by atoms with Crippen LogP contribution in [-0.4, -0.2) is 29.0 Å². The molecule has 0 unspecified atom stereocenters. The van der Waals surface area contributed by atoms with Crippen LogP contribution in [-0.2, 0) is 20.5 Å². The number of hydrogen-bond donors (Lipinski definition) is 1. The van der Waals surface area contributed by atoms with Gasteiger partial charge in [0.15, 0.2) is 0 Å². The Balaban J connectivity index is 1.36. The van der Waals surface area contributed by atoms with Gasteiger partial charge < -0.3 is 10.1 Å². The maximum atomic E-state index is 13.1. The van der Waals surface area contributed by atoms with E-state index in [-0.39, 0.29) is 41.8 Å². The van der Waals surface area contributed by atoms with E-state index in [4.69, 9.17) is 4.74 Å². The fourth-order valence-electron chi connectivity index (χ4n) is 6.79. The summed E-state index contributed by atoms with van der Waals surface area (Å²) in [6.45, 7) is 3.50. The third kappa shape index (κ3) is 5.29. The number of carbonyl (C=O) groups is 2. The molecule has 7 atom stereocenters. The van der Waals surface area contributed by atoms with Crippen LogP contribution in [0.1, 0.15) is 50.8 Å². The van der Waals surface area contributed by atoms with Gasteiger partial charge in [0, 0.05) is 30.6 Å². The first kappa shape index (κ1) is 25.5. The molecule has 5 rings (SSSR count). The molecule has 2 aliphatic carbocycles. The van der Waals surface area contributed by atoms with Crippen LogP contribution in [0.3, 0.4) is 0 Å². The Morgan fingerprint density at radius 2 is 1.95 bits per heavy atom. The van der Waals surface area contributed by atoms with Crippen LogP contribution in [0.15, 0.2) is 48.7 Å². The van der Waals surface area contributed by atoms with E-state index in [0.717, 1.165) is 37.8 Å². The molecule has 1 aromatic carbocycles. The minimum Gasteiger partial charge on any atom is -0.462 e. The summed E-state index contributed by atoms with van der Waals surface area (Å²) in [5, 5.41) is 3.05. The zero-order valence-electron chi connectivity index (χ0n) is 20.9. The summed E-state index contributed by atoms with van der Waals surface area (Å²) in [4.78, 5) is 28.7. The number of aromatic nitrogens is 1. The first-order valence-corrected chi connectivity index (χ1v) is 12.9. The van der Waals surface area contributed by atoms with Crippen LogP contribution in [0.5, 0.6) is 0 Å². The van der Waals surface area contributed by atoms with Gasteiger partial charge in [-0.15, -0.1) is 0 Å². The number of ether oxygens (including phenoxy) is 1. The molecule has 5 nitrogen and oxygen atoms in total. The summed E-state index contributed by atoms with van der Waals surface area (Å²) in [5.41, 5.74) is 1.09. The number of cyclic esters (lactones) is 1. The Labute approximate surface area is 214 Å². The largest absolute Gasteiger partial charge is 0.462 e. The van der Waals surface area contributed by atoms with Gasteiger partial charge in [-0.1, -0.05) is 24.3 Å². The molecule has 0 bridgehead atoms. The average Bonchev–Trinajstić information content (AvgIpc) is 3.14. The van der Waals surface area contributed by atoms with Crippen LogP contribution < -0.4 is 5.32 Å². The van der Waals surface area contributed by atoms with Crippen molar-refractivity contribution in [3.05, 3.63) is 59.9 Å². The lowest BCUT2D eigenvalue weighted by Gasteiger charge is -2.47. The van der Waals surface area contributed by atoms with Crippen LogP contribution in [0.25, 0.3) is 17.2 Å². The molecule has 2 saturated carbocycles. The lowest BCUT2D eigenvalue weighted by Crippen LogP contribution is -2.48. The van der Waals surface area contributed by atoms with Gasteiger partial charge in [0.25, 0.3) is 0 Å². The second-order valence-electron chi connectivity index (χ2n) is 10.7. The first-order valence-electron chi connectivity index (χ1n) is 12.9. The maximum Gasteiger partial charge on any atom is 0.416 e. The first-order chi connectivity index (χ1) is 17.6. The highest BCUT2D eigenvalue weighted by Crippen LogP contribution is 2.53. The van der Waals surface area contributed by atoms with Crippen molar-refractivity contribution >= 4 is 18.0 Å². The Morgan fingerprint density at radius 3 is 2.65 bits per heavy atom. The van der Waals surface area contributed by atoms with Gasteiger partial charge in [0.2, 0.25) is 5.91 Å². The number of benzene rings is 1. The van der Waals surface area contributed by atoms with Gasteiger partial charge in [-0.25, -0.2) is 0 Å². The smallest absolute Gasteiger partial charge is 0.416 e. The van der Waals surface area contributed by atoms with E-state index in [1.165, 1.54) is 13.0 Å². The van der Waals surface area contributed by atoms with Crippen molar-refractivity contribution in [3.63, 3.8) is 0 Å². The number of amides is 1. The van der Waals surface area contributed by atoms with E-state index in [1.807, 2.05) is 13.0 Å². The Kier molecular flexibility index (Phi) is 6.86. The lowest BCUT2D eigenvalue weighted by molar-refractivity contribution is -0.144. The molecule has 196 valence electrons. The Morgan fingerprint density at radius 1 is 1.14 bits per heavy atom. The molecule has 1 aliphatic heterocycles. The van der Waals surface area contributed by atoms with E-state index < -0.39 is 11.7 Å². The number of hydrogen-bond acceptors (Lipinski definition) is 4. The van der Waals surface area contributed by atoms with Gasteiger partial charge in [0.1, 0.15) is 6.10 Å². The van der Waals surface area contributed by atoms with Crippen molar-refractivity contribution in [1.29, 1.82) is 0 Å². The normalized spacial score (nSPS) is 31.5. The Hall–Kier alpha value is -3.16. The van der Waals surface area contributed by atoms with Gasteiger partial charge in [-0.05, 0) is 80.2 Å². The van der Waals surface area contributed by atoms with Crippen molar-refractivity contribution < 1.29 is 27.5 Å². The second-order valence-corrected chi connectivity index (χ2v) is 10.7. The van der Waals surface area contributed by atoms with Crippen LogP contribution >= 0.6 is 0 Å². The van der Waals surface area contributed by atoms with Crippen molar-refractivity contribution in [2.24, 2.45) is 29.6 Å². The van der Waals surface area contributed by atoms with Crippen LogP contribution in [0, 0.1) is 29.6 Å². The SMILES string of the molecule is CC(=O)N[C@@H]1CC[C@@H]2[C@@H](C1)C[C@H]1C(=O)O[C@H](C)[C@H]1[C@H]2C=Cc1ccc(-c2cccc(C(F)(F)F)c2)cn1. The highest BCUT2D eigenvalue weighted by molar-refractivity contribution is 5.76. The van der Waals surface area contributed by atoms with E-state index >= 15 is 0 Å². The molecule has 2 heterocycles. The number of nitrogens with zero attached hydrogens (tertiary/aromatic N) is 1. The van der Waals surface area contributed by atoms with Crippen molar-refractivity contribution in [2.75, 3.05) is 0 Å². The number of nitrogens with one attached hydrogen (secondary N) is 1. The number of rotatable bonds is 4. The third-order valence-corrected chi connectivity index (χ3v) is 8.35. The minimum atomic E-state index is -4.40. The van der Waals surface area contributed by atoms with Crippen molar-refractivity contribution in [3.8, 4) is 11.1 Å². The molecule has 37 heavy (non-hydrogen) atoms. The number of halogens is 3. The summed E-state index contributed by atoms with van der Waals surface area (Å²) < 4.78 is 44.9. The van der Waals surface area contributed by atoms with Gasteiger partial charge in [-0.3, -0.25) is 14.6 Å². The van der Waals surface area contributed by atoms with Crippen molar-refractivity contribution in [1.82, 2.24) is 10.3 Å².